The first-order chi connectivity index (χ1) is 26.4. The molecule has 2 aliphatic heterocycles. The Morgan fingerprint density at radius 3 is 2.31 bits per heavy atom. The zero-order valence-electron chi connectivity index (χ0n) is 30.7. The SMILES string of the molecule is COc1cc([C@H]2C3=CC[C@@H]4C(=O)N(c5ccccc5)C(=O)[C@@H]4[C@@H]3C[C@H]3C(=O)N(c4cc(-c5sc6ccc(Cl)cc6c5C)nn4C)C(=O)[C@@]23C)cc(OC)c1O. The second-order valence-corrected chi connectivity index (χ2v) is 16.5. The quantitative estimate of drug-likeness (QED) is 0.139. The number of rotatable bonds is 6. The molecular weight excluding hydrogens is 740 g/mol. The maximum atomic E-state index is 15.2. The highest BCUT2D eigenvalue weighted by Crippen LogP contribution is 2.64. The number of nitrogens with zero attached hydrogens (tertiary/aromatic N) is 4. The Morgan fingerprint density at radius 1 is 0.909 bits per heavy atom. The highest BCUT2D eigenvalue weighted by atomic mass is 35.5. The lowest BCUT2D eigenvalue weighted by atomic mass is 9.51. The number of phenols is 1. The van der Waals surface area contributed by atoms with E-state index < -0.39 is 46.8 Å². The maximum Gasteiger partial charge on any atom is 0.242 e. The summed E-state index contributed by atoms with van der Waals surface area (Å²) in [6.07, 6.45) is 2.48. The third kappa shape index (κ3) is 4.90. The Bertz CT molecular complexity index is 2500. The number of aryl methyl sites for hydroxylation is 2. The van der Waals surface area contributed by atoms with Crippen molar-refractivity contribution in [2.24, 2.45) is 36.1 Å². The number of hydrogen-bond donors (Lipinski definition) is 1. The summed E-state index contributed by atoms with van der Waals surface area (Å²) in [5.74, 6) is -4.47. The van der Waals surface area contributed by atoms with Crippen LogP contribution < -0.4 is 19.3 Å². The molecule has 0 bridgehead atoms. The molecule has 3 fully saturated rings. The average molecular weight is 777 g/mol. The number of imide groups is 2. The van der Waals surface area contributed by atoms with Gasteiger partial charge in [0.25, 0.3) is 0 Å². The smallest absolute Gasteiger partial charge is 0.242 e. The number of allylic oxidation sites excluding steroid dienone is 2. The van der Waals surface area contributed by atoms with Crippen molar-refractivity contribution < 1.29 is 33.8 Å². The van der Waals surface area contributed by atoms with Crippen molar-refractivity contribution in [2.75, 3.05) is 24.0 Å². The zero-order valence-corrected chi connectivity index (χ0v) is 32.3. The number of methoxy groups -OCH3 is 2. The monoisotopic (exact) mass is 776 g/mol. The fraction of sp³-hybridized carbons (Fsp3) is 0.310. The van der Waals surface area contributed by atoms with Gasteiger partial charge in [0.1, 0.15) is 11.5 Å². The number of anilines is 2. The minimum atomic E-state index is -1.33. The van der Waals surface area contributed by atoms with Crippen LogP contribution in [0.4, 0.5) is 11.5 Å². The molecule has 0 unspecified atom stereocenters. The molecule has 5 aromatic rings. The number of carbonyl (C=O) groups excluding carboxylic acids is 4. The number of aromatic nitrogens is 2. The Morgan fingerprint density at radius 2 is 1.62 bits per heavy atom. The number of aromatic hydroxyl groups is 1. The van der Waals surface area contributed by atoms with E-state index in [1.165, 1.54) is 24.0 Å². The van der Waals surface area contributed by atoms with Gasteiger partial charge in [-0.1, -0.05) is 41.4 Å². The predicted molar refractivity (Wildman–Crippen MR) is 209 cm³/mol. The van der Waals surface area contributed by atoms with Crippen LogP contribution in [-0.2, 0) is 26.2 Å². The van der Waals surface area contributed by atoms with Crippen LogP contribution in [0.25, 0.3) is 20.7 Å². The van der Waals surface area contributed by atoms with Gasteiger partial charge in [0.05, 0.1) is 48.0 Å². The fourth-order valence-corrected chi connectivity index (χ4v) is 11.1. The third-order valence-electron chi connectivity index (χ3n) is 12.3. The first kappa shape index (κ1) is 35.3. The fourth-order valence-electron chi connectivity index (χ4n) is 9.74. The standard InChI is InChI=1S/C42H37ClN4O7S/c1-20-26-17-22(43)11-14-32(26)55-37(20)29-19-33(45(3)44-29)47-39(50)28-18-27-24(12-13-25-34(27)40(51)46(38(25)49)23-9-7-6-8-10-23)35(42(28,2)41(47)52)21-15-30(53-4)36(48)31(16-21)54-5/h6-12,14-17,19,25,27-28,34-35,48H,13,18H2,1-5H3/t25-,27+,28-,34-,35-,42+/m0/s1. The average Bonchev–Trinajstić information content (AvgIpc) is 3.85. The summed E-state index contributed by atoms with van der Waals surface area (Å²) in [6.45, 7) is 3.81. The number of thiophene rings is 1. The molecule has 0 spiro atoms. The van der Waals surface area contributed by atoms with E-state index in [4.69, 9.17) is 26.2 Å². The lowest BCUT2D eigenvalue weighted by Crippen LogP contribution is -2.49. The molecular formula is C42H37ClN4O7S. The van der Waals surface area contributed by atoms with Crippen molar-refractivity contribution in [3.05, 3.63) is 94.5 Å². The molecule has 4 heterocycles. The lowest BCUT2D eigenvalue weighted by molar-refractivity contribution is -0.131. The minimum absolute atomic E-state index is 0.137. The number of ether oxygens (including phenoxy) is 2. The molecule has 4 aliphatic rings. The van der Waals surface area contributed by atoms with Crippen molar-refractivity contribution in [3.8, 4) is 27.8 Å². The number of fused-ring (bicyclic) bond motifs is 5. The Kier molecular flexibility index (Phi) is 8.04. The Labute approximate surface area is 325 Å². The number of halogens is 1. The van der Waals surface area contributed by atoms with Gasteiger partial charge in [0.15, 0.2) is 11.5 Å². The van der Waals surface area contributed by atoms with Crippen molar-refractivity contribution in [3.63, 3.8) is 0 Å². The van der Waals surface area contributed by atoms with Gasteiger partial charge >= 0.3 is 0 Å². The highest BCUT2D eigenvalue weighted by Gasteiger charge is 2.68. The predicted octanol–water partition coefficient (Wildman–Crippen LogP) is 7.42. The van der Waals surface area contributed by atoms with Crippen molar-refractivity contribution in [1.82, 2.24) is 9.78 Å². The van der Waals surface area contributed by atoms with Gasteiger partial charge in [0, 0.05) is 28.8 Å². The van der Waals surface area contributed by atoms with Crippen molar-refractivity contribution in [1.29, 1.82) is 0 Å². The lowest BCUT2D eigenvalue weighted by Gasteiger charge is -2.49. The molecule has 2 saturated heterocycles. The molecule has 1 saturated carbocycles. The number of carbonyl (C=O) groups is 4. The summed E-state index contributed by atoms with van der Waals surface area (Å²) in [4.78, 5) is 62.0. The van der Waals surface area contributed by atoms with Crippen LogP contribution in [0.15, 0.2) is 78.4 Å². The van der Waals surface area contributed by atoms with E-state index in [0.29, 0.717) is 34.2 Å². The topological polar surface area (TPSA) is 131 Å². The minimum Gasteiger partial charge on any atom is -0.502 e. The molecule has 1 N–H and O–H groups in total. The van der Waals surface area contributed by atoms with Gasteiger partial charge in [0.2, 0.25) is 29.4 Å². The maximum absolute atomic E-state index is 15.2. The summed E-state index contributed by atoms with van der Waals surface area (Å²) in [5, 5.41) is 17.4. The molecule has 280 valence electrons. The van der Waals surface area contributed by atoms with E-state index in [9.17, 15) is 19.5 Å². The molecule has 3 aromatic carbocycles. The molecule has 2 aromatic heterocycles. The number of amides is 4. The number of hydrogen-bond acceptors (Lipinski definition) is 9. The number of phenolic OH excluding ortho intramolecular Hbond substituents is 1. The summed E-state index contributed by atoms with van der Waals surface area (Å²) in [6, 6.07) is 19.7. The van der Waals surface area contributed by atoms with Crippen LogP contribution in [0.1, 0.15) is 36.8 Å². The molecule has 4 amide bonds. The van der Waals surface area contributed by atoms with E-state index in [1.54, 1.807) is 65.5 Å². The third-order valence-corrected chi connectivity index (χ3v) is 13.9. The van der Waals surface area contributed by atoms with Crippen LogP contribution in [-0.4, -0.2) is 52.7 Å². The van der Waals surface area contributed by atoms with Crippen molar-refractivity contribution >= 4 is 68.2 Å². The van der Waals surface area contributed by atoms with E-state index in [1.807, 2.05) is 44.2 Å². The molecule has 13 heteroatoms. The van der Waals surface area contributed by atoms with Gasteiger partial charge in [-0.25, -0.2) is 4.90 Å². The molecule has 55 heavy (non-hydrogen) atoms. The highest BCUT2D eigenvalue weighted by molar-refractivity contribution is 7.22. The summed E-state index contributed by atoms with van der Waals surface area (Å²) in [5.41, 5.74) is 2.16. The van der Waals surface area contributed by atoms with Crippen LogP contribution in [0, 0.1) is 36.0 Å². The summed E-state index contributed by atoms with van der Waals surface area (Å²) < 4.78 is 13.7. The Hall–Kier alpha value is -5.46. The van der Waals surface area contributed by atoms with Crippen LogP contribution in [0.2, 0.25) is 5.02 Å². The second-order valence-electron chi connectivity index (χ2n) is 15.0. The summed E-state index contributed by atoms with van der Waals surface area (Å²) in [7, 11) is 4.57. The molecule has 2 aliphatic carbocycles. The molecule has 11 nitrogen and oxygen atoms in total. The van der Waals surface area contributed by atoms with E-state index >= 15 is 4.79 Å². The van der Waals surface area contributed by atoms with E-state index in [-0.39, 0.29) is 35.5 Å². The first-order valence-corrected chi connectivity index (χ1v) is 19.3. The number of benzene rings is 3. The van der Waals surface area contributed by atoms with Gasteiger partial charge in [-0.2, -0.15) is 5.10 Å². The molecule has 0 radical (unpaired) electrons. The van der Waals surface area contributed by atoms with Gasteiger partial charge in [-0.3, -0.25) is 28.8 Å². The zero-order chi connectivity index (χ0) is 38.7. The summed E-state index contributed by atoms with van der Waals surface area (Å²) >= 11 is 7.88. The van der Waals surface area contributed by atoms with Gasteiger partial charge < -0.3 is 14.6 Å². The van der Waals surface area contributed by atoms with Gasteiger partial charge in [-0.05, 0) is 91.6 Å². The van der Waals surface area contributed by atoms with E-state index in [0.717, 1.165) is 26.1 Å². The molecule has 9 rings (SSSR count). The van der Waals surface area contributed by atoms with E-state index in [2.05, 4.69) is 0 Å². The second kappa shape index (κ2) is 12.5. The normalized spacial score (nSPS) is 26.0. The first-order valence-electron chi connectivity index (χ1n) is 18.1. The van der Waals surface area contributed by atoms with Crippen LogP contribution in [0.3, 0.4) is 0 Å². The van der Waals surface area contributed by atoms with Crippen LogP contribution >= 0.6 is 22.9 Å². The van der Waals surface area contributed by atoms with Gasteiger partial charge in [-0.15, -0.1) is 11.3 Å². The van der Waals surface area contributed by atoms with Crippen LogP contribution in [0.5, 0.6) is 17.2 Å². The molecule has 6 atom stereocenters. The largest absolute Gasteiger partial charge is 0.502 e. The number of para-hydroxylation sites is 1. The van der Waals surface area contributed by atoms with Crippen molar-refractivity contribution in [2.45, 2.75) is 32.6 Å². The Balaban J connectivity index is 1.18.